The van der Waals surface area contributed by atoms with Crippen molar-refractivity contribution in [2.45, 2.75) is 38.6 Å². The smallest absolute Gasteiger partial charge is 0.390 e. The Balaban J connectivity index is 2.09. The second-order valence-corrected chi connectivity index (χ2v) is 5.03. The molecule has 1 aliphatic rings. The largest absolute Gasteiger partial charge is 0.490 e. The molecule has 1 aromatic heterocycles. The average molecular weight is 256 g/mol. The third-order valence-electron chi connectivity index (χ3n) is 3.43. The molecule has 1 aliphatic carbocycles. The summed E-state index contributed by atoms with van der Waals surface area (Å²) in [7, 11) is 0. The average Bonchev–Trinajstić information content (AvgIpc) is 2.79. The molecule has 0 N–H and O–H groups in total. The van der Waals surface area contributed by atoms with E-state index in [1.165, 1.54) is 25.6 Å². The number of nitrogens with zero attached hydrogens (tertiary/aromatic N) is 4. The van der Waals surface area contributed by atoms with E-state index in [4.69, 9.17) is 0 Å². The standard InChI is InChI=1S/C10H16N4O2S/c15-14(16)9-11-8-13(12-9)6-10(7-17)4-2-1-3-5-10/h8,17H,1-7H2. The minimum Gasteiger partial charge on any atom is -0.390 e. The van der Waals surface area contributed by atoms with Gasteiger partial charge < -0.3 is 10.1 Å². The Kier molecular flexibility index (Phi) is 3.66. The van der Waals surface area contributed by atoms with E-state index in [1.807, 2.05) is 0 Å². The van der Waals surface area contributed by atoms with Crippen LogP contribution in [0.4, 0.5) is 5.95 Å². The van der Waals surface area contributed by atoms with E-state index in [0.717, 1.165) is 18.6 Å². The first kappa shape index (κ1) is 12.3. The summed E-state index contributed by atoms with van der Waals surface area (Å²) in [6.45, 7) is 0.678. The summed E-state index contributed by atoms with van der Waals surface area (Å²) in [6.07, 6.45) is 7.36. The van der Waals surface area contributed by atoms with Crippen molar-refractivity contribution in [2.75, 3.05) is 5.75 Å². The lowest BCUT2D eigenvalue weighted by molar-refractivity contribution is -0.394. The van der Waals surface area contributed by atoms with Gasteiger partial charge >= 0.3 is 5.95 Å². The second kappa shape index (κ2) is 5.03. The Labute approximate surface area is 105 Å². The first-order chi connectivity index (χ1) is 8.15. The number of nitro groups is 1. The zero-order chi connectivity index (χ0) is 12.3. The van der Waals surface area contributed by atoms with Crippen LogP contribution in [0.15, 0.2) is 6.33 Å². The Morgan fingerprint density at radius 2 is 2.18 bits per heavy atom. The molecule has 0 aliphatic heterocycles. The van der Waals surface area contributed by atoms with Gasteiger partial charge in [-0.3, -0.25) is 0 Å². The lowest BCUT2D eigenvalue weighted by Gasteiger charge is -2.34. The van der Waals surface area contributed by atoms with E-state index in [0.29, 0.717) is 6.54 Å². The van der Waals surface area contributed by atoms with E-state index in [2.05, 4.69) is 22.7 Å². The van der Waals surface area contributed by atoms with E-state index in [-0.39, 0.29) is 11.4 Å². The van der Waals surface area contributed by atoms with Gasteiger partial charge in [0.15, 0.2) is 0 Å². The molecule has 0 atom stereocenters. The molecule has 0 unspecified atom stereocenters. The maximum absolute atomic E-state index is 10.5. The van der Waals surface area contributed by atoms with Gasteiger partial charge in [-0.25, -0.2) is 0 Å². The molecule has 94 valence electrons. The fourth-order valence-electron chi connectivity index (χ4n) is 2.46. The predicted molar refractivity (Wildman–Crippen MR) is 66.0 cm³/mol. The molecule has 1 fully saturated rings. The number of thiol groups is 1. The molecular weight excluding hydrogens is 240 g/mol. The second-order valence-electron chi connectivity index (χ2n) is 4.72. The summed E-state index contributed by atoms with van der Waals surface area (Å²) < 4.78 is 1.58. The first-order valence-corrected chi connectivity index (χ1v) is 6.43. The van der Waals surface area contributed by atoms with Gasteiger partial charge in [-0.15, -0.1) is 0 Å². The van der Waals surface area contributed by atoms with Gasteiger partial charge in [-0.1, -0.05) is 24.2 Å². The summed E-state index contributed by atoms with van der Waals surface area (Å²) in [6, 6.07) is 0. The lowest BCUT2D eigenvalue weighted by Crippen LogP contribution is -2.31. The van der Waals surface area contributed by atoms with Gasteiger partial charge in [-0.2, -0.15) is 17.3 Å². The molecule has 1 aromatic rings. The van der Waals surface area contributed by atoms with Gasteiger partial charge in [0.1, 0.15) is 0 Å². The van der Waals surface area contributed by atoms with Crippen LogP contribution in [0.25, 0.3) is 0 Å². The Hall–Kier alpha value is -1.11. The highest BCUT2D eigenvalue weighted by Gasteiger charge is 2.32. The highest BCUT2D eigenvalue weighted by Crippen LogP contribution is 2.38. The van der Waals surface area contributed by atoms with E-state index < -0.39 is 4.92 Å². The van der Waals surface area contributed by atoms with Crippen LogP contribution >= 0.6 is 12.6 Å². The molecule has 7 heteroatoms. The first-order valence-electron chi connectivity index (χ1n) is 5.80. The molecule has 1 saturated carbocycles. The zero-order valence-corrected chi connectivity index (χ0v) is 10.5. The quantitative estimate of drug-likeness (QED) is 0.508. The minimum atomic E-state index is -0.565. The zero-order valence-electron chi connectivity index (χ0n) is 9.58. The number of rotatable bonds is 4. The molecule has 2 rings (SSSR count). The third kappa shape index (κ3) is 2.77. The van der Waals surface area contributed by atoms with Gasteiger partial charge in [0.05, 0.1) is 6.54 Å². The summed E-state index contributed by atoms with van der Waals surface area (Å²) in [5, 5.41) is 14.4. The van der Waals surface area contributed by atoms with Crippen molar-refractivity contribution in [1.29, 1.82) is 0 Å². The molecule has 6 nitrogen and oxygen atoms in total. The van der Waals surface area contributed by atoms with Crippen LogP contribution in [0.1, 0.15) is 32.1 Å². The van der Waals surface area contributed by atoms with Crippen molar-refractivity contribution in [2.24, 2.45) is 5.41 Å². The Morgan fingerprint density at radius 1 is 1.47 bits per heavy atom. The fourth-order valence-corrected chi connectivity index (χ4v) is 2.87. The van der Waals surface area contributed by atoms with E-state index in [1.54, 1.807) is 4.68 Å². The fraction of sp³-hybridized carbons (Fsp3) is 0.800. The molecule has 0 amide bonds. The Bertz CT molecular complexity index is 401. The van der Waals surface area contributed by atoms with Crippen molar-refractivity contribution in [1.82, 2.24) is 14.8 Å². The number of aromatic nitrogens is 3. The third-order valence-corrected chi connectivity index (χ3v) is 4.11. The summed E-state index contributed by atoms with van der Waals surface area (Å²) in [5.74, 6) is 0.468. The van der Waals surface area contributed by atoms with Gasteiger partial charge in [0.2, 0.25) is 6.33 Å². The van der Waals surface area contributed by atoms with Gasteiger partial charge in [0, 0.05) is 10.5 Å². The highest BCUT2D eigenvalue weighted by atomic mass is 32.1. The molecule has 17 heavy (non-hydrogen) atoms. The van der Waals surface area contributed by atoms with Crippen molar-refractivity contribution < 1.29 is 4.92 Å². The van der Waals surface area contributed by atoms with Crippen LogP contribution in [0.5, 0.6) is 0 Å². The van der Waals surface area contributed by atoms with Crippen LogP contribution < -0.4 is 0 Å². The van der Waals surface area contributed by atoms with Crippen molar-refractivity contribution in [3.63, 3.8) is 0 Å². The molecule has 0 spiro atoms. The highest BCUT2D eigenvalue weighted by molar-refractivity contribution is 7.80. The predicted octanol–water partition coefficient (Wildman–Crippen LogP) is 2.07. The number of hydrogen-bond donors (Lipinski definition) is 1. The summed E-state index contributed by atoms with van der Waals surface area (Å²) >= 11 is 4.43. The van der Waals surface area contributed by atoms with Crippen LogP contribution in [-0.2, 0) is 6.54 Å². The van der Waals surface area contributed by atoms with Crippen LogP contribution in [0, 0.1) is 15.5 Å². The molecular formula is C10H16N4O2S. The van der Waals surface area contributed by atoms with Crippen LogP contribution in [0.2, 0.25) is 0 Å². The molecule has 0 bridgehead atoms. The molecule has 0 saturated heterocycles. The minimum absolute atomic E-state index is 0.128. The van der Waals surface area contributed by atoms with Crippen LogP contribution in [0.3, 0.4) is 0 Å². The van der Waals surface area contributed by atoms with Crippen LogP contribution in [-0.4, -0.2) is 25.4 Å². The lowest BCUT2D eigenvalue weighted by atomic mass is 9.75. The van der Waals surface area contributed by atoms with Crippen molar-refractivity contribution >= 4 is 18.6 Å². The molecule has 0 aromatic carbocycles. The van der Waals surface area contributed by atoms with Crippen molar-refractivity contribution in [3.05, 3.63) is 16.4 Å². The SMILES string of the molecule is O=[N+]([O-])c1ncn(CC2(CS)CCCCC2)n1. The van der Waals surface area contributed by atoms with E-state index in [9.17, 15) is 10.1 Å². The normalized spacial score (nSPS) is 19.1. The van der Waals surface area contributed by atoms with Gasteiger partial charge in [-0.05, 0) is 23.5 Å². The molecule has 0 radical (unpaired) electrons. The maximum atomic E-state index is 10.5. The topological polar surface area (TPSA) is 73.8 Å². The Morgan fingerprint density at radius 3 is 2.71 bits per heavy atom. The monoisotopic (exact) mass is 256 g/mol. The summed E-state index contributed by atoms with van der Waals surface area (Å²) in [4.78, 5) is 13.6. The van der Waals surface area contributed by atoms with E-state index >= 15 is 0 Å². The van der Waals surface area contributed by atoms with Crippen molar-refractivity contribution in [3.8, 4) is 0 Å². The van der Waals surface area contributed by atoms with Gasteiger partial charge in [0.25, 0.3) is 0 Å². The summed E-state index contributed by atoms with van der Waals surface area (Å²) in [5.41, 5.74) is 0.128. The molecule has 1 heterocycles. The maximum Gasteiger partial charge on any atom is 0.490 e. The number of hydrogen-bond acceptors (Lipinski definition) is 5.